The van der Waals surface area contributed by atoms with Gasteiger partial charge in [-0.05, 0) is 105 Å². The summed E-state index contributed by atoms with van der Waals surface area (Å²) in [6.45, 7) is 12.7. The lowest BCUT2D eigenvalue weighted by Crippen LogP contribution is -2.13. The normalized spacial score (nSPS) is 12.2. The maximum Gasteiger partial charge on any atom is 0.126 e. The molecule has 0 amide bonds. The number of hydrogen-bond acceptors (Lipinski definition) is 2. The number of fused-ring (bicyclic) bond motifs is 3. The second kappa shape index (κ2) is 12.9. The minimum Gasteiger partial charge on any atom is -0.496 e. The number of allylic oxidation sites excluding steroid dienone is 5. The number of rotatable bonds is 8. The molecule has 0 aliphatic carbocycles. The Hall–Kier alpha value is -5.34. The van der Waals surface area contributed by atoms with Crippen molar-refractivity contribution in [1.29, 1.82) is 0 Å². The Balaban J connectivity index is 1.44. The second-order valence-corrected chi connectivity index (χ2v) is 12.6. The molecule has 2 heteroatoms. The lowest BCUT2D eigenvalue weighted by molar-refractivity contribution is 0.413. The molecule has 6 aromatic rings. The average molecular weight is 600 g/mol. The molecule has 0 aromatic heterocycles. The number of benzene rings is 6. The molecule has 0 heterocycles. The van der Waals surface area contributed by atoms with Crippen LogP contribution in [0.25, 0.3) is 38.2 Å². The molecule has 228 valence electrons. The highest BCUT2D eigenvalue weighted by Crippen LogP contribution is 2.40. The first-order chi connectivity index (χ1) is 22.3. The monoisotopic (exact) mass is 599 g/mol. The molecule has 0 aliphatic heterocycles. The summed E-state index contributed by atoms with van der Waals surface area (Å²) in [6, 6.07) is 44.0. The van der Waals surface area contributed by atoms with Gasteiger partial charge in [-0.25, -0.2) is 0 Å². The minimum absolute atomic E-state index is 0.0832. The van der Waals surface area contributed by atoms with Gasteiger partial charge in [-0.1, -0.05) is 124 Å². The molecule has 46 heavy (non-hydrogen) atoms. The lowest BCUT2D eigenvalue weighted by atomic mass is 9.87. The Bertz CT molecular complexity index is 2070. The summed E-state index contributed by atoms with van der Waals surface area (Å²) in [4.78, 5) is 2.35. The van der Waals surface area contributed by atoms with E-state index in [1.165, 1.54) is 27.1 Å². The van der Waals surface area contributed by atoms with Crippen LogP contribution in [0.2, 0.25) is 0 Å². The summed E-state index contributed by atoms with van der Waals surface area (Å²) in [5.41, 5.74) is 9.10. The zero-order valence-electron chi connectivity index (χ0n) is 27.4. The van der Waals surface area contributed by atoms with Gasteiger partial charge >= 0.3 is 0 Å². The van der Waals surface area contributed by atoms with Crippen molar-refractivity contribution in [2.24, 2.45) is 0 Å². The van der Waals surface area contributed by atoms with Crippen LogP contribution in [-0.2, 0) is 5.41 Å². The Morgan fingerprint density at radius 2 is 1.30 bits per heavy atom. The van der Waals surface area contributed by atoms with Crippen LogP contribution in [0.3, 0.4) is 0 Å². The van der Waals surface area contributed by atoms with Crippen molar-refractivity contribution in [2.45, 2.75) is 33.1 Å². The minimum atomic E-state index is 0.0832. The van der Waals surface area contributed by atoms with Crippen molar-refractivity contribution in [1.82, 2.24) is 0 Å². The van der Waals surface area contributed by atoms with Crippen molar-refractivity contribution in [3.05, 3.63) is 163 Å². The molecule has 0 N–H and O–H groups in total. The Kier molecular flexibility index (Phi) is 8.63. The van der Waals surface area contributed by atoms with E-state index in [9.17, 15) is 0 Å². The summed E-state index contributed by atoms with van der Waals surface area (Å²) >= 11 is 0. The Labute approximate surface area is 273 Å². The van der Waals surface area contributed by atoms with Gasteiger partial charge in [0.25, 0.3) is 0 Å². The fraction of sp³-hybridized carbons (Fsp3) is 0.136. The van der Waals surface area contributed by atoms with Gasteiger partial charge in [0, 0.05) is 22.6 Å². The van der Waals surface area contributed by atoms with E-state index in [1.54, 1.807) is 7.11 Å². The van der Waals surface area contributed by atoms with E-state index in [2.05, 4.69) is 154 Å². The summed E-state index contributed by atoms with van der Waals surface area (Å²) in [6.07, 6.45) is 7.95. The van der Waals surface area contributed by atoms with Gasteiger partial charge < -0.3 is 9.64 Å². The third kappa shape index (κ3) is 6.12. The zero-order chi connectivity index (χ0) is 32.3. The first-order valence-corrected chi connectivity index (χ1v) is 15.9. The molecule has 6 aromatic carbocycles. The van der Waals surface area contributed by atoms with Gasteiger partial charge in [-0.2, -0.15) is 0 Å². The van der Waals surface area contributed by atoms with E-state index in [0.717, 1.165) is 45.1 Å². The van der Waals surface area contributed by atoms with Crippen LogP contribution in [0.15, 0.2) is 152 Å². The van der Waals surface area contributed by atoms with Crippen molar-refractivity contribution in [2.75, 3.05) is 12.0 Å². The summed E-state index contributed by atoms with van der Waals surface area (Å²) < 4.78 is 5.73. The van der Waals surface area contributed by atoms with Gasteiger partial charge in [0.1, 0.15) is 5.75 Å². The Morgan fingerprint density at radius 3 is 1.98 bits per heavy atom. The molecule has 0 radical (unpaired) electrons. The predicted octanol–water partition coefficient (Wildman–Crippen LogP) is 12.6. The van der Waals surface area contributed by atoms with E-state index in [0.29, 0.717) is 0 Å². The summed E-state index contributed by atoms with van der Waals surface area (Å²) in [5.74, 6) is 0.834. The quantitative estimate of drug-likeness (QED) is 0.127. The summed E-state index contributed by atoms with van der Waals surface area (Å²) in [7, 11) is 1.71. The molecule has 0 bridgehead atoms. The number of ether oxygens (including phenoxy) is 1. The van der Waals surface area contributed by atoms with Crippen LogP contribution in [0.4, 0.5) is 17.1 Å². The highest BCUT2D eigenvalue weighted by molar-refractivity contribution is 6.08. The molecule has 0 saturated carbocycles. The van der Waals surface area contributed by atoms with E-state index < -0.39 is 0 Å². The zero-order valence-corrected chi connectivity index (χ0v) is 27.4. The smallest absolute Gasteiger partial charge is 0.126 e. The maximum absolute atomic E-state index is 5.73. The number of methoxy groups -OCH3 is 1. The van der Waals surface area contributed by atoms with E-state index >= 15 is 0 Å². The molecule has 0 saturated heterocycles. The molecule has 0 aliphatic rings. The molecular formula is C44H41NO. The van der Waals surface area contributed by atoms with Crippen molar-refractivity contribution in [3.8, 4) is 16.9 Å². The number of nitrogens with zero attached hydrogens (tertiary/aromatic N) is 1. The molecule has 6 rings (SSSR count). The maximum atomic E-state index is 5.73. The fourth-order valence-electron chi connectivity index (χ4n) is 6.16. The van der Waals surface area contributed by atoms with Gasteiger partial charge in [-0.3, -0.25) is 0 Å². The lowest BCUT2D eigenvalue weighted by Gasteiger charge is -2.27. The van der Waals surface area contributed by atoms with Gasteiger partial charge in [0.05, 0.1) is 7.11 Å². The average Bonchev–Trinajstić information content (AvgIpc) is 3.08. The predicted molar refractivity (Wildman–Crippen MR) is 200 cm³/mol. The third-order valence-corrected chi connectivity index (χ3v) is 8.59. The molecule has 0 fully saturated rings. The van der Waals surface area contributed by atoms with Crippen LogP contribution in [0.5, 0.6) is 5.75 Å². The third-order valence-electron chi connectivity index (χ3n) is 8.59. The van der Waals surface area contributed by atoms with Crippen molar-refractivity contribution in [3.63, 3.8) is 0 Å². The topological polar surface area (TPSA) is 12.5 Å². The molecule has 0 spiro atoms. The van der Waals surface area contributed by atoms with Crippen LogP contribution >= 0.6 is 0 Å². The highest BCUT2D eigenvalue weighted by Gasteiger charge is 2.18. The van der Waals surface area contributed by atoms with Crippen LogP contribution < -0.4 is 9.64 Å². The van der Waals surface area contributed by atoms with Crippen molar-refractivity contribution >= 4 is 44.2 Å². The first kappa shape index (κ1) is 30.7. The SMILES string of the molecule is C=C/C=C(\C=C/C)c1cc(-c2ccc(N(c3ccc(C(C)(C)C)cc3)c3ccc4c(ccc5ccccc54)c3)cc2)ccc1OC. The van der Waals surface area contributed by atoms with E-state index in [-0.39, 0.29) is 5.41 Å². The second-order valence-electron chi connectivity index (χ2n) is 12.6. The molecular weight excluding hydrogens is 558 g/mol. The number of anilines is 3. The van der Waals surface area contributed by atoms with Crippen LogP contribution in [0.1, 0.15) is 38.8 Å². The van der Waals surface area contributed by atoms with Gasteiger partial charge in [-0.15, -0.1) is 0 Å². The van der Waals surface area contributed by atoms with Crippen LogP contribution in [0, 0.1) is 0 Å². The first-order valence-electron chi connectivity index (χ1n) is 15.9. The standard InChI is InChI=1S/C44H41NO/c1-7-11-32(12-8-2)42-30-34(19-28-43(42)46-6)31-17-22-37(23-18-31)45(38-24-20-36(21-25-38)44(3,4)5)39-26-27-41-35(29-39)16-15-33-13-9-10-14-40(33)41/h7-30H,1H2,2-6H3/b12-8-,32-11+. The number of hydrogen-bond donors (Lipinski definition) is 0. The van der Waals surface area contributed by atoms with E-state index in [4.69, 9.17) is 4.74 Å². The molecule has 2 nitrogen and oxygen atoms in total. The van der Waals surface area contributed by atoms with Crippen molar-refractivity contribution < 1.29 is 4.74 Å². The van der Waals surface area contributed by atoms with Crippen LogP contribution in [-0.4, -0.2) is 7.11 Å². The Morgan fingerprint density at radius 1 is 0.674 bits per heavy atom. The summed E-state index contributed by atoms with van der Waals surface area (Å²) in [5, 5.41) is 5.02. The fourth-order valence-corrected chi connectivity index (χ4v) is 6.16. The van der Waals surface area contributed by atoms with E-state index in [1.807, 2.05) is 31.2 Å². The molecule has 0 atom stereocenters. The van der Waals surface area contributed by atoms with Gasteiger partial charge in [0.15, 0.2) is 0 Å². The highest BCUT2D eigenvalue weighted by atomic mass is 16.5. The van der Waals surface area contributed by atoms with Gasteiger partial charge in [0.2, 0.25) is 0 Å². The largest absolute Gasteiger partial charge is 0.496 e. The molecule has 0 unspecified atom stereocenters.